The molecule has 1 aromatic rings. The van der Waals surface area contributed by atoms with Crippen LogP contribution >= 0.6 is 0 Å². The van der Waals surface area contributed by atoms with E-state index in [-0.39, 0.29) is 24.7 Å². The quantitative estimate of drug-likeness (QED) is 0.811. The second-order valence-electron chi connectivity index (χ2n) is 5.56. The maximum absolute atomic E-state index is 12.4. The van der Waals surface area contributed by atoms with Crippen molar-refractivity contribution in [2.24, 2.45) is 5.92 Å². The number of benzene rings is 1. The SMILES string of the molecule is CCC(CC)C(NC(=O)N(C)C(C)CO)c1ccccc1. The number of urea groups is 1. The molecule has 0 fully saturated rings. The van der Waals surface area contributed by atoms with Crippen LogP contribution in [-0.2, 0) is 0 Å². The number of aliphatic hydroxyl groups is 1. The van der Waals surface area contributed by atoms with Crippen LogP contribution in [0.1, 0.15) is 45.2 Å². The number of hydrogen-bond donors (Lipinski definition) is 2. The number of nitrogens with one attached hydrogen (secondary N) is 1. The summed E-state index contributed by atoms with van der Waals surface area (Å²) >= 11 is 0. The van der Waals surface area contributed by atoms with Crippen molar-refractivity contribution in [2.75, 3.05) is 13.7 Å². The fourth-order valence-corrected chi connectivity index (χ4v) is 2.45. The first-order chi connectivity index (χ1) is 10.0. The largest absolute Gasteiger partial charge is 0.394 e. The summed E-state index contributed by atoms with van der Waals surface area (Å²) in [5.41, 5.74) is 1.13. The summed E-state index contributed by atoms with van der Waals surface area (Å²) in [5, 5.41) is 12.3. The summed E-state index contributed by atoms with van der Waals surface area (Å²) in [6.07, 6.45) is 2.02. The predicted octanol–water partition coefficient (Wildman–Crippen LogP) is 3.19. The van der Waals surface area contributed by atoms with Crippen molar-refractivity contribution >= 4 is 6.03 Å². The normalized spacial score (nSPS) is 13.8. The summed E-state index contributed by atoms with van der Waals surface area (Å²) in [7, 11) is 1.71. The van der Waals surface area contributed by atoms with Gasteiger partial charge in [-0.1, -0.05) is 57.0 Å². The zero-order chi connectivity index (χ0) is 15.8. The van der Waals surface area contributed by atoms with E-state index in [1.54, 1.807) is 11.9 Å². The Morgan fingerprint density at radius 3 is 2.29 bits per heavy atom. The van der Waals surface area contributed by atoms with E-state index in [1.165, 1.54) is 0 Å². The van der Waals surface area contributed by atoms with Crippen LogP contribution in [0.4, 0.5) is 4.79 Å². The Hall–Kier alpha value is -1.55. The van der Waals surface area contributed by atoms with E-state index >= 15 is 0 Å². The van der Waals surface area contributed by atoms with Gasteiger partial charge in [-0.25, -0.2) is 4.79 Å². The van der Waals surface area contributed by atoms with Gasteiger partial charge in [0, 0.05) is 7.05 Å². The molecule has 0 aliphatic heterocycles. The van der Waals surface area contributed by atoms with E-state index in [0.717, 1.165) is 18.4 Å². The molecule has 0 bridgehead atoms. The highest BCUT2D eigenvalue weighted by atomic mass is 16.3. The van der Waals surface area contributed by atoms with E-state index in [1.807, 2.05) is 25.1 Å². The van der Waals surface area contributed by atoms with Crippen LogP contribution in [0.2, 0.25) is 0 Å². The van der Waals surface area contributed by atoms with Crippen molar-refractivity contribution in [3.8, 4) is 0 Å². The van der Waals surface area contributed by atoms with Gasteiger partial charge < -0.3 is 15.3 Å². The molecule has 1 rings (SSSR count). The van der Waals surface area contributed by atoms with Crippen LogP contribution in [0.5, 0.6) is 0 Å². The van der Waals surface area contributed by atoms with Gasteiger partial charge in [-0.05, 0) is 18.4 Å². The fraction of sp³-hybridized carbons (Fsp3) is 0.588. The highest BCUT2D eigenvalue weighted by molar-refractivity contribution is 5.74. The molecule has 0 heterocycles. The van der Waals surface area contributed by atoms with Crippen molar-refractivity contribution in [3.63, 3.8) is 0 Å². The van der Waals surface area contributed by atoms with E-state index in [0.29, 0.717) is 5.92 Å². The van der Waals surface area contributed by atoms with Gasteiger partial charge in [0.1, 0.15) is 0 Å². The fourth-order valence-electron chi connectivity index (χ4n) is 2.45. The van der Waals surface area contributed by atoms with E-state index in [9.17, 15) is 9.90 Å². The van der Waals surface area contributed by atoms with Gasteiger partial charge in [0.05, 0.1) is 18.7 Å². The van der Waals surface area contributed by atoms with E-state index in [4.69, 9.17) is 0 Å². The highest BCUT2D eigenvalue weighted by Gasteiger charge is 2.24. The van der Waals surface area contributed by atoms with Gasteiger partial charge in [-0.3, -0.25) is 0 Å². The van der Waals surface area contributed by atoms with Crippen LogP contribution in [-0.4, -0.2) is 35.7 Å². The first-order valence-corrected chi connectivity index (χ1v) is 7.74. The summed E-state index contributed by atoms with van der Waals surface area (Å²) in [6.45, 7) is 6.09. The number of hydrogen-bond acceptors (Lipinski definition) is 2. The highest BCUT2D eigenvalue weighted by Crippen LogP contribution is 2.27. The smallest absolute Gasteiger partial charge is 0.317 e. The minimum absolute atomic E-state index is 0.00189. The third-order valence-corrected chi connectivity index (χ3v) is 4.20. The Morgan fingerprint density at radius 1 is 1.24 bits per heavy atom. The van der Waals surface area contributed by atoms with E-state index < -0.39 is 0 Å². The molecule has 0 aliphatic carbocycles. The standard InChI is InChI=1S/C17H28N2O2/c1-5-14(6-2)16(15-10-8-7-9-11-15)18-17(21)19(4)13(3)12-20/h7-11,13-14,16,20H,5-6,12H2,1-4H3,(H,18,21). The van der Waals surface area contributed by atoms with Crippen LogP contribution in [0.3, 0.4) is 0 Å². The maximum Gasteiger partial charge on any atom is 0.317 e. The Balaban J connectivity index is 2.90. The van der Waals surface area contributed by atoms with Gasteiger partial charge in [0.2, 0.25) is 0 Å². The molecule has 1 aromatic carbocycles. The number of carbonyl (C=O) groups excluding carboxylic acids is 1. The number of aliphatic hydroxyl groups excluding tert-OH is 1. The van der Waals surface area contributed by atoms with E-state index in [2.05, 4.69) is 31.3 Å². The Labute approximate surface area is 128 Å². The van der Waals surface area contributed by atoms with Crippen LogP contribution in [0.25, 0.3) is 0 Å². The van der Waals surface area contributed by atoms with Crippen molar-refractivity contribution in [1.29, 1.82) is 0 Å². The zero-order valence-corrected chi connectivity index (χ0v) is 13.5. The average Bonchev–Trinajstić information content (AvgIpc) is 2.54. The lowest BCUT2D eigenvalue weighted by atomic mass is 9.89. The topological polar surface area (TPSA) is 52.6 Å². The second-order valence-corrected chi connectivity index (χ2v) is 5.56. The molecule has 0 aliphatic rings. The van der Waals surface area contributed by atoms with Crippen molar-refractivity contribution < 1.29 is 9.90 Å². The zero-order valence-electron chi connectivity index (χ0n) is 13.5. The average molecular weight is 292 g/mol. The van der Waals surface area contributed by atoms with Gasteiger partial charge in [0.25, 0.3) is 0 Å². The Kier molecular flexibility index (Phi) is 7.23. The molecule has 0 spiro atoms. The summed E-state index contributed by atoms with van der Waals surface area (Å²) in [4.78, 5) is 13.9. The summed E-state index contributed by atoms with van der Waals surface area (Å²) in [6, 6.07) is 9.75. The lowest BCUT2D eigenvalue weighted by Gasteiger charge is -2.31. The molecule has 2 N–H and O–H groups in total. The molecule has 2 atom stereocenters. The molecule has 0 radical (unpaired) electrons. The summed E-state index contributed by atoms with van der Waals surface area (Å²) in [5.74, 6) is 0.397. The van der Waals surface area contributed by atoms with Gasteiger partial charge in [-0.2, -0.15) is 0 Å². The molecule has 2 unspecified atom stereocenters. The molecular weight excluding hydrogens is 264 g/mol. The van der Waals surface area contributed by atoms with Gasteiger partial charge in [-0.15, -0.1) is 0 Å². The second kappa shape index (κ2) is 8.67. The van der Waals surface area contributed by atoms with Crippen LogP contribution in [0.15, 0.2) is 30.3 Å². The molecule has 2 amide bonds. The molecule has 4 heteroatoms. The van der Waals surface area contributed by atoms with Gasteiger partial charge >= 0.3 is 6.03 Å². The van der Waals surface area contributed by atoms with Crippen molar-refractivity contribution in [2.45, 2.75) is 45.7 Å². The molecule has 118 valence electrons. The third-order valence-electron chi connectivity index (χ3n) is 4.20. The predicted molar refractivity (Wildman–Crippen MR) is 86.1 cm³/mol. The van der Waals surface area contributed by atoms with Crippen LogP contribution in [0, 0.1) is 5.92 Å². The molecule has 0 saturated carbocycles. The molecule has 21 heavy (non-hydrogen) atoms. The summed E-state index contributed by atoms with van der Waals surface area (Å²) < 4.78 is 0. The molecule has 4 nitrogen and oxygen atoms in total. The minimum atomic E-state index is -0.192. The minimum Gasteiger partial charge on any atom is -0.394 e. The number of likely N-dealkylation sites (N-methyl/N-ethyl adjacent to an activating group) is 1. The number of rotatable bonds is 7. The van der Waals surface area contributed by atoms with Gasteiger partial charge in [0.15, 0.2) is 0 Å². The first-order valence-electron chi connectivity index (χ1n) is 7.74. The number of amides is 2. The lowest BCUT2D eigenvalue weighted by Crippen LogP contribution is -2.46. The maximum atomic E-state index is 12.4. The third kappa shape index (κ3) is 4.74. The Morgan fingerprint density at radius 2 is 1.81 bits per heavy atom. The van der Waals surface area contributed by atoms with Crippen LogP contribution < -0.4 is 5.32 Å². The number of carbonyl (C=O) groups is 1. The Bertz CT molecular complexity index is 418. The number of nitrogens with zero attached hydrogens (tertiary/aromatic N) is 1. The monoisotopic (exact) mass is 292 g/mol. The molecule has 0 saturated heterocycles. The first kappa shape index (κ1) is 17.5. The lowest BCUT2D eigenvalue weighted by molar-refractivity contribution is 0.151. The molecular formula is C17H28N2O2. The van der Waals surface area contributed by atoms with Crippen molar-refractivity contribution in [1.82, 2.24) is 10.2 Å². The molecule has 0 aromatic heterocycles. The van der Waals surface area contributed by atoms with Crippen molar-refractivity contribution in [3.05, 3.63) is 35.9 Å².